The van der Waals surface area contributed by atoms with Crippen LogP contribution in [0.3, 0.4) is 0 Å². The highest BCUT2D eigenvalue weighted by molar-refractivity contribution is 5.94. The van der Waals surface area contributed by atoms with Gasteiger partial charge in [-0.25, -0.2) is 0 Å². The van der Waals surface area contributed by atoms with E-state index in [0.29, 0.717) is 44.8 Å². The molecule has 2 atom stereocenters. The Bertz CT molecular complexity index is 621. The summed E-state index contributed by atoms with van der Waals surface area (Å²) in [5.41, 5.74) is 2.42. The van der Waals surface area contributed by atoms with Crippen LogP contribution in [0.15, 0.2) is 0 Å². The first kappa shape index (κ1) is 16.9. The summed E-state index contributed by atoms with van der Waals surface area (Å²) in [6.07, 6.45) is 0.719. The van der Waals surface area contributed by atoms with Crippen molar-refractivity contribution in [3.63, 3.8) is 0 Å². The molecule has 0 saturated carbocycles. The van der Waals surface area contributed by atoms with Crippen molar-refractivity contribution in [3.8, 4) is 0 Å². The largest absolute Gasteiger partial charge is 0.369 e. The monoisotopic (exact) mass is 335 g/mol. The van der Waals surface area contributed by atoms with Crippen LogP contribution in [0.2, 0.25) is 0 Å². The number of amides is 2. The quantitative estimate of drug-likeness (QED) is 0.807. The average Bonchev–Trinajstić information content (AvgIpc) is 2.98. The Kier molecular flexibility index (Phi) is 4.86. The number of rotatable bonds is 3. The van der Waals surface area contributed by atoms with Gasteiger partial charge in [-0.2, -0.15) is 5.10 Å². The van der Waals surface area contributed by atoms with E-state index in [1.54, 1.807) is 7.05 Å². The molecule has 1 aromatic heterocycles. The number of aromatic amines is 1. The zero-order valence-corrected chi connectivity index (χ0v) is 14.5. The van der Waals surface area contributed by atoms with Gasteiger partial charge in [-0.1, -0.05) is 0 Å². The maximum atomic E-state index is 12.8. The number of piperazine rings is 1. The number of likely N-dealkylation sites (N-methyl/N-ethyl adjacent to an activating group) is 1. The summed E-state index contributed by atoms with van der Waals surface area (Å²) < 4.78 is 5.77. The Morgan fingerprint density at radius 2 is 2.00 bits per heavy atom. The molecule has 8 heteroatoms. The molecule has 1 fully saturated rings. The highest BCUT2D eigenvalue weighted by Gasteiger charge is 2.32. The van der Waals surface area contributed by atoms with Gasteiger partial charge in [0.25, 0.3) is 5.91 Å². The van der Waals surface area contributed by atoms with Crippen LogP contribution in [0.1, 0.15) is 41.7 Å². The third-order valence-corrected chi connectivity index (χ3v) is 4.74. The van der Waals surface area contributed by atoms with Crippen LogP contribution in [-0.2, 0) is 16.0 Å². The minimum absolute atomic E-state index is 0.000812. The average molecular weight is 335 g/mol. The van der Waals surface area contributed by atoms with Crippen LogP contribution in [0.5, 0.6) is 0 Å². The summed E-state index contributed by atoms with van der Waals surface area (Å²) >= 11 is 0. The molecule has 0 aromatic carbocycles. The summed E-state index contributed by atoms with van der Waals surface area (Å²) in [5.74, 6) is -0.0347. The predicted molar refractivity (Wildman–Crippen MR) is 87.7 cm³/mol. The van der Waals surface area contributed by atoms with E-state index in [1.807, 2.05) is 18.7 Å². The SMILES string of the molecule is CNC(=O)CN1CCN(C(=O)c2n[nH]c3c2C[C@H](C)O[C@@H]3C)CC1. The van der Waals surface area contributed by atoms with Crippen molar-refractivity contribution in [2.75, 3.05) is 39.8 Å². The van der Waals surface area contributed by atoms with E-state index in [2.05, 4.69) is 20.4 Å². The highest BCUT2D eigenvalue weighted by atomic mass is 16.5. The Morgan fingerprint density at radius 1 is 1.29 bits per heavy atom. The molecule has 0 spiro atoms. The van der Waals surface area contributed by atoms with E-state index >= 15 is 0 Å². The lowest BCUT2D eigenvalue weighted by Gasteiger charge is -2.34. The molecule has 132 valence electrons. The first-order chi connectivity index (χ1) is 11.5. The smallest absolute Gasteiger partial charge is 0.274 e. The number of hydrogen-bond donors (Lipinski definition) is 2. The van der Waals surface area contributed by atoms with E-state index in [4.69, 9.17) is 4.74 Å². The summed E-state index contributed by atoms with van der Waals surface area (Å²) in [6, 6.07) is 0. The normalized spacial score (nSPS) is 24.5. The van der Waals surface area contributed by atoms with Crippen LogP contribution in [-0.4, -0.2) is 77.7 Å². The van der Waals surface area contributed by atoms with Crippen LogP contribution in [0.25, 0.3) is 0 Å². The van der Waals surface area contributed by atoms with Gasteiger partial charge in [0.15, 0.2) is 5.69 Å². The number of nitrogens with one attached hydrogen (secondary N) is 2. The number of fused-ring (bicyclic) bond motifs is 1. The standard InChI is InChI=1S/C16H25N5O3/c1-10-8-12-14(11(2)24-10)18-19-15(12)16(23)21-6-4-20(5-7-21)9-13(22)17-3/h10-11H,4-9H2,1-3H3,(H,17,22)(H,18,19)/t10-,11+/m0/s1. The molecule has 2 N–H and O–H groups in total. The molecular formula is C16H25N5O3. The lowest BCUT2D eigenvalue weighted by atomic mass is 9.99. The molecule has 3 rings (SSSR count). The number of carbonyl (C=O) groups is 2. The Labute approximate surface area is 141 Å². The summed E-state index contributed by atoms with van der Waals surface area (Å²) in [6.45, 7) is 6.97. The molecule has 24 heavy (non-hydrogen) atoms. The molecule has 0 radical (unpaired) electrons. The van der Waals surface area contributed by atoms with Crippen molar-refractivity contribution < 1.29 is 14.3 Å². The van der Waals surface area contributed by atoms with Crippen molar-refractivity contribution in [1.29, 1.82) is 0 Å². The van der Waals surface area contributed by atoms with Crippen molar-refractivity contribution >= 4 is 11.8 Å². The Balaban J connectivity index is 1.65. The first-order valence-electron chi connectivity index (χ1n) is 8.44. The third-order valence-electron chi connectivity index (χ3n) is 4.74. The minimum atomic E-state index is -0.0674. The fraction of sp³-hybridized carbons (Fsp3) is 0.688. The summed E-state index contributed by atoms with van der Waals surface area (Å²) in [5, 5.41) is 9.86. The highest BCUT2D eigenvalue weighted by Crippen LogP contribution is 2.30. The van der Waals surface area contributed by atoms with Gasteiger partial charge < -0.3 is 15.0 Å². The second-order valence-corrected chi connectivity index (χ2v) is 6.50. The predicted octanol–water partition coefficient (Wildman–Crippen LogP) is -0.0643. The van der Waals surface area contributed by atoms with Gasteiger partial charge >= 0.3 is 0 Å². The molecule has 0 aliphatic carbocycles. The first-order valence-corrected chi connectivity index (χ1v) is 8.44. The second-order valence-electron chi connectivity index (χ2n) is 6.50. The van der Waals surface area contributed by atoms with Crippen LogP contribution < -0.4 is 5.32 Å². The maximum Gasteiger partial charge on any atom is 0.274 e. The Morgan fingerprint density at radius 3 is 2.67 bits per heavy atom. The fourth-order valence-corrected chi connectivity index (χ4v) is 3.39. The molecule has 1 aromatic rings. The molecule has 2 aliphatic rings. The van der Waals surface area contributed by atoms with E-state index in [-0.39, 0.29) is 24.0 Å². The lowest BCUT2D eigenvalue weighted by Crippen LogP contribution is -2.51. The molecule has 8 nitrogen and oxygen atoms in total. The van der Waals surface area contributed by atoms with Gasteiger partial charge in [0.05, 0.1) is 24.4 Å². The van der Waals surface area contributed by atoms with Gasteiger partial charge in [-0.15, -0.1) is 0 Å². The van der Waals surface area contributed by atoms with E-state index in [9.17, 15) is 9.59 Å². The minimum Gasteiger partial charge on any atom is -0.369 e. The fourth-order valence-electron chi connectivity index (χ4n) is 3.39. The van der Waals surface area contributed by atoms with Crippen LogP contribution in [0.4, 0.5) is 0 Å². The van der Waals surface area contributed by atoms with Crippen LogP contribution in [0, 0.1) is 0 Å². The van der Waals surface area contributed by atoms with E-state index in [1.165, 1.54) is 0 Å². The van der Waals surface area contributed by atoms with Crippen molar-refractivity contribution in [1.82, 2.24) is 25.3 Å². The lowest BCUT2D eigenvalue weighted by molar-refractivity contribution is -0.122. The van der Waals surface area contributed by atoms with Gasteiger partial charge in [-0.3, -0.25) is 19.6 Å². The van der Waals surface area contributed by atoms with Crippen molar-refractivity contribution in [2.45, 2.75) is 32.5 Å². The number of hydrogen-bond acceptors (Lipinski definition) is 5. The molecule has 3 heterocycles. The number of H-pyrrole nitrogens is 1. The number of ether oxygens (including phenoxy) is 1. The van der Waals surface area contributed by atoms with E-state index < -0.39 is 0 Å². The molecular weight excluding hydrogens is 310 g/mol. The Hall–Kier alpha value is -1.93. The van der Waals surface area contributed by atoms with Crippen molar-refractivity contribution in [2.24, 2.45) is 0 Å². The third kappa shape index (κ3) is 3.29. The molecule has 1 saturated heterocycles. The molecule has 2 amide bonds. The molecule has 2 aliphatic heterocycles. The molecule has 0 bridgehead atoms. The number of carbonyl (C=O) groups excluding carboxylic acids is 2. The number of aromatic nitrogens is 2. The van der Waals surface area contributed by atoms with Gasteiger partial charge in [-0.05, 0) is 13.8 Å². The van der Waals surface area contributed by atoms with Gasteiger partial charge in [0.1, 0.15) is 0 Å². The maximum absolute atomic E-state index is 12.8. The van der Waals surface area contributed by atoms with Crippen LogP contribution >= 0.6 is 0 Å². The summed E-state index contributed by atoms with van der Waals surface area (Å²) in [4.78, 5) is 28.2. The topological polar surface area (TPSA) is 90.6 Å². The zero-order valence-electron chi connectivity index (χ0n) is 14.5. The molecule has 0 unspecified atom stereocenters. The van der Waals surface area contributed by atoms with Gasteiger partial charge in [0, 0.05) is 45.2 Å². The van der Waals surface area contributed by atoms with E-state index in [0.717, 1.165) is 11.3 Å². The second kappa shape index (κ2) is 6.90. The number of nitrogens with zero attached hydrogens (tertiary/aromatic N) is 3. The zero-order chi connectivity index (χ0) is 17.3. The van der Waals surface area contributed by atoms with Crippen molar-refractivity contribution in [3.05, 3.63) is 17.0 Å². The summed E-state index contributed by atoms with van der Waals surface area (Å²) in [7, 11) is 1.63. The van der Waals surface area contributed by atoms with Gasteiger partial charge in [0.2, 0.25) is 5.91 Å².